The third-order valence-electron chi connectivity index (χ3n) is 7.07. The van der Waals surface area contributed by atoms with Gasteiger partial charge in [0.2, 0.25) is 0 Å². The zero-order chi connectivity index (χ0) is 16.1. The van der Waals surface area contributed by atoms with Crippen LogP contribution < -0.4 is 29.6 Å². The topological polar surface area (TPSA) is 37.3 Å². The van der Waals surface area contributed by atoms with E-state index >= 15 is 0 Å². The van der Waals surface area contributed by atoms with Gasteiger partial charge < -0.3 is 6.53 Å². The van der Waals surface area contributed by atoms with Gasteiger partial charge in [0.05, 0.1) is 5.41 Å². The first-order chi connectivity index (χ1) is 10.3. The summed E-state index contributed by atoms with van der Waals surface area (Å²) >= 11 is 0. The van der Waals surface area contributed by atoms with Gasteiger partial charge >= 0.3 is 35.5 Å². The summed E-state index contributed by atoms with van der Waals surface area (Å²) in [6, 6.07) is 0. The fraction of sp³-hybridized carbons (Fsp3) is 0.750. The molecule has 4 atom stereocenters. The number of hydrogen-bond donors (Lipinski definition) is 1. The Morgan fingerprint density at radius 2 is 2.04 bits per heavy atom. The summed E-state index contributed by atoms with van der Waals surface area (Å²) < 4.78 is 0. The largest absolute Gasteiger partial charge is 1.00 e. The molecule has 23 heavy (non-hydrogen) atoms. The number of rotatable bonds is 2. The fourth-order valence-electron chi connectivity index (χ4n) is 5.60. The molecule has 124 valence electrons. The molecule has 2 nitrogen and oxygen atoms in total. The second-order valence-corrected chi connectivity index (χ2v) is 8.54. The quantitative estimate of drug-likeness (QED) is 0.791. The predicted octanol–water partition coefficient (Wildman–Crippen LogP) is 2.32. The van der Waals surface area contributed by atoms with Gasteiger partial charge in [-0.05, 0) is 67.8 Å². The minimum absolute atomic E-state index is 0. The zero-order valence-corrected chi connectivity index (χ0v) is 17.5. The Morgan fingerprint density at radius 3 is 2.65 bits per heavy atom. The standard InChI is InChI=1S/C20H30O2.Na.H/c1-13(2)14-6-8-16-15(12-14)7-9-17-19(16,3)10-5-11-20(17,4)18(21)22;;/h7,12-13,16-17H,5-6,8-11H2,1-4H3,(H,21,22);;/q;+1;-1/t16-,17+,19+,20+;;/m0../s1. The van der Waals surface area contributed by atoms with Crippen LogP contribution in [0.4, 0.5) is 0 Å². The zero-order valence-electron chi connectivity index (χ0n) is 16.5. The summed E-state index contributed by atoms with van der Waals surface area (Å²) in [5, 5.41) is 9.83. The van der Waals surface area contributed by atoms with Crippen LogP contribution in [0.5, 0.6) is 0 Å². The van der Waals surface area contributed by atoms with Crippen molar-refractivity contribution >= 4 is 5.97 Å². The Bertz CT molecular complexity index is 554. The molecule has 0 spiro atoms. The van der Waals surface area contributed by atoms with Crippen molar-refractivity contribution < 1.29 is 40.9 Å². The van der Waals surface area contributed by atoms with Crippen LogP contribution in [0.2, 0.25) is 0 Å². The third-order valence-corrected chi connectivity index (χ3v) is 7.07. The average molecular weight is 326 g/mol. The summed E-state index contributed by atoms with van der Waals surface area (Å²) in [4.78, 5) is 11.9. The van der Waals surface area contributed by atoms with Gasteiger partial charge in [0, 0.05) is 0 Å². The molecule has 0 aliphatic heterocycles. The van der Waals surface area contributed by atoms with Crippen LogP contribution in [0, 0.1) is 28.6 Å². The molecule has 0 bridgehead atoms. The van der Waals surface area contributed by atoms with E-state index in [1.54, 1.807) is 5.57 Å². The summed E-state index contributed by atoms with van der Waals surface area (Å²) in [6.45, 7) is 8.93. The minimum Gasteiger partial charge on any atom is -1.00 e. The SMILES string of the molecule is CC(C)C1=CC2=CC[C@@H]3[C@](C)(CCC[C@@]3(C)C(=O)O)[C@H]2CC1.[H-].[Na+]. The third kappa shape index (κ3) is 3.00. The van der Waals surface area contributed by atoms with Crippen LogP contribution in [0.15, 0.2) is 23.3 Å². The fourth-order valence-corrected chi connectivity index (χ4v) is 5.60. The molecule has 1 saturated carbocycles. The summed E-state index contributed by atoms with van der Waals surface area (Å²) in [5.74, 6) is 0.888. The van der Waals surface area contributed by atoms with E-state index in [9.17, 15) is 9.90 Å². The Kier molecular flexibility index (Phi) is 5.61. The average Bonchev–Trinajstić information content (AvgIpc) is 2.46. The molecule has 3 aliphatic carbocycles. The summed E-state index contributed by atoms with van der Waals surface area (Å²) in [5.41, 5.74) is 2.69. The molecule has 0 aromatic rings. The number of carboxylic acid groups (broad SMARTS) is 1. The van der Waals surface area contributed by atoms with Crippen LogP contribution in [-0.4, -0.2) is 11.1 Å². The van der Waals surface area contributed by atoms with Crippen molar-refractivity contribution in [1.29, 1.82) is 0 Å². The van der Waals surface area contributed by atoms with E-state index in [0.29, 0.717) is 11.8 Å². The first-order valence-electron chi connectivity index (χ1n) is 8.93. The van der Waals surface area contributed by atoms with Gasteiger partial charge in [-0.25, -0.2) is 0 Å². The van der Waals surface area contributed by atoms with Crippen molar-refractivity contribution in [1.82, 2.24) is 0 Å². The predicted molar refractivity (Wildman–Crippen MR) is 90.6 cm³/mol. The Morgan fingerprint density at radius 1 is 1.35 bits per heavy atom. The van der Waals surface area contributed by atoms with Crippen LogP contribution in [-0.2, 0) is 4.79 Å². The molecular formula is C20H31NaO2. The number of carbonyl (C=O) groups is 1. The van der Waals surface area contributed by atoms with E-state index in [0.717, 1.165) is 19.3 Å². The van der Waals surface area contributed by atoms with Gasteiger partial charge in [-0.3, -0.25) is 4.79 Å². The maximum atomic E-state index is 11.9. The number of allylic oxidation sites excluding steroid dienone is 4. The molecular weight excluding hydrogens is 295 g/mol. The summed E-state index contributed by atoms with van der Waals surface area (Å²) in [6.07, 6.45) is 11.2. The van der Waals surface area contributed by atoms with Gasteiger partial charge in [-0.15, -0.1) is 0 Å². The van der Waals surface area contributed by atoms with Crippen LogP contribution in [0.3, 0.4) is 0 Å². The molecule has 0 radical (unpaired) electrons. The van der Waals surface area contributed by atoms with Crippen molar-refractivity contribution in [2.75, 3.05) is 0 Å². The van der Waals surface area contributed by atoms with Gasteiger partial charge in [0.15, 0.2) is 0 Å². The van der Waals surface area contributed by atoms with Gasteiger partial charge in [-0.1, -0.05) is 44.9 Å². The van der Waals surface area contributed by atoms with E-state index in [2.05, 4.69) is 32.9 Å². The Hall–Kier alpha value is -0.0500. The monoisotopic (exact) mass is 326 g/mol. The molecule has 3 heteroatoms. The normalized spacial score (nSPS) is 39.5. The maximum absolute atomic E-state index is 11.9. The number of hydrogen-bond acceptors (Lipinski definition) is 1. The molecule has 1 fully saturated rings. The van der Waals surface area contributed by atoms with E-state index in [1.807, 2.05) is 6.92 Å². The second-order valence-electron chi connectivity index (χ2n) is 8.54. The number of aliphatic carboxylic acids is 1. The number of fused-ring (bicyclic) bond motifs is 3. The van der Waals surface area contributed by atoms with Crippen LogP contribution >= 0.6 is 0 Å². The van der Waals surface area contributed by atoms with Gasteiger partial charge in [0.1, 0.15) is 0 Å². The van der Waals surface area contributed by atoms with E-state index in [1.165, 1.54) is 24.8 Å². The van der Waals surface area contributed by atoms with Crippen molar-refractivity contribution in [3.63, 3.8) is 0 Å². The molecule has 0 unspecified atom stereocenters. The number of carboxylic acids is 1. The van der Waals surface area contributed by atoms with Crippen molar-refractivity contribution in [3.05, 3.63) is 23.3 Å². The van der Waals surface area contributed by atoms with Gasteiger partial charge in [0.25, 0.3) is 0 Å². The van der Waals surface area contributed by atoms with Crippen molar-refractivity contribution in [2.45, 2.75) is 66.2 Å². The first kappa shape index (κ1) is 19.3. The van der Waals surface area contributed by atoms with E-state index in [4.69, 9.17) is 0 Å². The van der Waals surface area contributed by atoms with Crippen LogP contribution in [0.25, 0.3) is 0 Å². The molecule has 0 heterocycles. The Labute approximate surface area is 164 Å². The molecule has 3 rings (SSSR count). The van der Waals surface area contributed by atoms with Gasteiger partial charge in [-0.2, -0.15) is 0 Å². The van der Waals surface area contributed by atoms with E-state index in [-0.39, 0.29) is 42.3 Å². The molecule has 0 aromatic carbocycles. The molecule has 0 amide bonds. The van der Waals surface area contributed by atoms with E-state index < -0.39 is 11.4 Å². The molecule has 1 N–H and O–H groups in total. The molecule has 0 aromatic heterocycles. The molecule has 3 aliphatic rings. The maximum Gasteiger partial charge on any atom is 1.00 e. The second kappa shape index (κ2) is 6.69. The smallest absolute Gasteiger partial charge is 1.00 e. The van der Waals surface area contributed by atoms with Crippen LogP contribution in [0.1, 0.15) is 67.6 Å². The first-order valence-corrected chi connectivity index (χ1v) is 8.93. The van der Waals surface area contributed by atoms with Crippen molar-refractivity contribution in [2.24, 2.45) is 28.6 Å². The van der Waals surface area contributed by atoms with Crippen molar-refractivity contribution in [3.8, 4) is 0 Å². The molecule has 0 saturated heterocycles. The minimum atomic E-state index is -0.588. The Balaban J connectivity index is 0.00000144. The summed E-state index contributed by atoms with van der Waals surface area (Å²) in [7, 11) is 0.